The van der Waals surface area contributed by atoms with Gasteiger partial charge in [-0.15, -0.1) is 0 Å². The van der Waals surface area contributed by atoms with Crippen molar-refractivity contribution in [2.24, 2.45) is 0 Å². The minimum atomic E-state index is -0.301. The van der Waals surface area contributed by atoms with Crippen LogP contribution in [-0.2, 0) is 4.74 Å². The van der Waals surface area contributed by atoms with Crippen LogP contribution in [0.3, 0.4) is 0 Å². The molecule has 1 spiro atoms. The molecule has 0 N–H and O–H groups in total. The maximum absolute atomic E-state index is 11.2. The van der Waals surface area contributed by atoms with Crippen LogP contribution in [0.1, 0.15) is 32.1 Å². The van der Waals surface area contributed by atoms with Crippen molar-refractivity contribution in [3.63, 3.8) is 0 Å². The highest BCUT2D eigenvalue weighted by Gasteiger charge is 2.43. The lowest BCUT2D eigenvalue weighted by Crippen LogP contribution is -2.51. The van der Waals surface area contributed by atoms with E-state index in [0.29, 0.717) is 11.7 Å². The smallest absolute Gasteiger partial charge is 0.292 e. The van der Waals surface area contributed by atoms with Crippen molar-refractivity contribution in [2.75, 3.05) is 18.6 Å². The zero-order chi connectivity index (χ0) is 14.2. The molecule has 1 saturated carbocycles. The first-order valence-electron chi connectivity index (χ1n) is 7.22. The molecule has 0 radical (unpaired) electrons. The van der Waals surface area contributed by atoms with Gasteiger partial charge in [-0.1, -0.05) is 12.1 Å². The number of nitro benzene ring substituents is 1. The molecular formula is C15H20N2O3. The fraction of sp³-hybridized carbons (Fsp3) is 0.600. The minimum absolute atomic E-state index is 0.0563. The van der Waals surface area contributed by atoms with Gasteiger partial charge in [-0.05, 0) is 38.2 Å². The molecule has 1 heterocycles. The molecule has 1 aromatic carbocycles. The fourth-order valence-corrected chi connectivity index (χ4v) is 3.37. The summed E-state index contributed by atoms with van der Waals surface area (Å²) in [6, 6.07) is 7.31. The summed E-state index contributed by atoms with van der Waals surface area (Å²) in [6.07, 6.45) is 5.42. The average molecular weight is 276 g/mol. The Morgan fingerprint density at radius 3 is 2.80 bits per heavy atom. The van der Waals surface area contributed by atoms with Gasteiger partial charge >= 0.3 is 0 Å². The molecule has 5 heteroatoms. The lowest BCUT2D eigenvalue weighted by Gasteiger charge is -2.49. The topological polar surface area (TPSA) is 55.6 Å². The lowest BCUT2D eigenvalue weighted by molar-refractivity contribution is -0.384. The number of hydrogen-bond acceptors (Lipinski definition) is 4. The van der Waals surface area contributed by atoms with Crippen LogP contribution >= 0.6 is 0 Å². The number of rotatable bonds is 3. The molecule has 1 aliphatic carbocycles. The van der Waals surface area contributed by atoms with E-state index in [4.69, 9.17) is 4.74 Å². The van der Waals surface area contributed by atoms with Gasteiger partial charge in [-0.2, -0.15) is 0 Å². The highest BCUT2D eigenvalue weighted by Crippen LogP contribution is 2.44. The molecule has 20 heavy (non-hydrogen) atoms. The Morgan fingerprint density at radius 1 is 1.40 bits per heavy atom. The molecule has 1 atom stereocenters. The van der Waals surface area contributed by atoms with Crippen LogP contribution in [0, 0.1) is 10.1 Å². The summed E-state index contributed by atoms with van der Waals surface area (Å²) in [7, 11) is 1.96. The van der Waals surface area contributed by atoms with Gasteiger partial charge in [-0.25, -0.2) is 0 Å². The summed E-state index contributed by atoms with van der Waals surface area (Å²) < 4.78 is 5.93. The van der Waals surface area contributed by atoms with Gasteiger partial charge in [0.1, 0.15) is 5.69 Å². The molecular weight excluding hydrogens is 256 g/mol. The lowest BCUT2D eigenvalue weighted by atomic mass is 9.73. The second-order valence-electron chi connectivity index (χ2n) is 5.89. The van der Waals surface area contributed by atoms with Crippen LogP contribution in [0.5, 0.6) is 0 Å². The number of benzene rings is 1. The fourth-order valence-electron chi connectivity index (χ4n) is 3.37. The van der Waals surface area contributed by atoms with E-state index >= 15 is 0 Å². The SMILES string of the molecule is CN(c1ccccc1[N+](=O)[O-])C1CCOC2(CCC2)C1. The van der Waals surface area contributed by atoms with E-state index in [1.807, 2.05) is 19.2 Å². The number of anilines is 1. The van der Waals surface area contributed by atoms with Crippen molar-refractivity contribution in [1.29, 1.82) is 0 Å². The highest BCUT2D eigenvalue weighted by molar-refractivity contribution is 5.63. The maximum atomic E-state index is 11.2. The summed E-state index contributed by atoms with van der Waals surface area (Å²) in [5.74, 6) is 0. The van der Waals surface area contributed by atoms with Crippen molar-refractivity contribution < 1.29 is 9.66 Å². The Labute approximate surface area is 118 Å². The van der Waals surface area contributed by atoms with Crippen LogP contribution in [0.25, 0.3) is 0 Å². The first-order valence-corrected chi connectivity index (χ1v) is 7.22. The second-order valence-corrected chi connectivity index (χ2v) is 5.89. The Kier molecular flexibility index (Phi) is 3.38. The third kappa shape index (κ3) is 2.26. The molecule has 3 rings (SSSR count). The standard InChI is InChI=1S/C15H20N2O3/c1-16(13-5-2-3-6-14(13)17(18)19)12-7-10-20-15(11-12)8-4-9-15/h2-3,5-6,12H,4,7-11H2,1H3. The third-order valence-corrected chi connectivity index (χ3v) is 4.74. The van der Waals surface area contributed by atoms with Crippen molar-refractivity contribution in [3.8, 4) is 0 Å². The normalized spacial score (nSPS) is 24.1. The van der Waals surface area contributed by atoms with Gasteiger partial charge in [0.2, 0.25) is 0 Å². The van der Waals surface area contributed by atoms with E-state index < -0.39 is 0 Å². The van der Waals surface area contributed by atoms with Crippen molar-refractivity contribution >= 4 is 11.4 Å². The molecule has 108 valence electrons. The molecule has 1 unspecified atom stereocenters. The molecule has 0 bridgehead atoms. The van der Waals surface area contributed by atoms with E-state index in [1.54, 1.807) is 12.1 Å². The van der Waals surface area contributed by atoms with Crippen molar-refractivity contribution in [2.45, 2.75) is 43.7 Å². The molecule has 5 nitrogen and oxygen atoms in total. The summed E-state index contributed by atoms with van der Waals surface area (Å²) in [6.45, 7) is 0.760. The van der Waals surface area contributed by atoms with E-state index in [1.165, 1.54) is 6.42 Å². The van der Waals surface area contributed by atoms with Crippen molar-refractivity contribution in [1.82, 2.24) is 0 Å². The van der Waals surface area contributed by atoms with Crippen LogP contribution < -0.4 is 4.90 Å². The van der Waals surface area contributed by atoms with Crippen molar-refractivity contribution in [3.05, 3.63) is 34.4 Å². The quantitative estimate of drug-likeness (QED) is 0.628. The molecule has 1 aromatic rings. The van der Waals surface area contributed by atoms with Crippen LogP contribution in [0.2, 0.25) is 0 Å². The Balaban J connectivity index is 1.81. The predicted molar refractivity (Wildman–Crippen MR) is 77.1 cm³/mol. The highest BCUT2D eigenvalue weighted by atomic mass is 16.6. The summed E-state index contributed by atoms with van der Waals surface area (Å²) in [4.78, 5) is 12.9. The summed E-state index contributed by atoms with van der Waals surface area (Å²) in [5, 5.41) is 11.2. The average Bonchev–Trinajstić information content (AvgIpc) is 2.45. The summed E-state index contributed by atoms with van der Waals surface area (Å²) in [5.41, 5.74) is 0.948. The Morgan fingerprint density at radius 2 is 2.15 bits per heavy atom. The number of hydrogen-bond donors (Lipinski definition) is 0. The largest absolute Gasteiger partial charge is 0.375 e. The minimum Gasteiger partial charge on any atom is -0.375 e. The predicted octanol–water partition coefficient (Wildman–Crippen LogP) is 3.13. The molecule has 2 fully saturated rings. The zero-order valence-corrected chi connectivity index (χ0v) is 11.7. The van der Waals surface area contributed by atoms with E-state index in [-0.39, 0.29) is 16.2 Å². The third-order valence-electron chi connectivity index (χ3n) is 4.74. The maximum Gasteiger partial charge on any atom is 0.292 e. The first kappa shape index (κ1) is 13.4. The van der Waals surface area contributed by atoms with Gasteiger partial charge in [0.25, 0.3) is 5.69 Å². The van der Waals surface area contributed by atoms with Gasteiger partial charge in [0, 0.05) is 25.8 Å². The van der Waals surface area contributed by atoms with Gasteiger partial charge in [0.15, 0.2) is 0 Å². The van der Waals surface area contributed by atoms with E-state index in [2.05, 4.69) is 4.90 Å². The molecule has 1 saturated heterocycles. The van der Waals surface area contributed by atoms with Gasteiger partial charge < -0.3 is 9.64 Å². The molecule has 2 aliphatic rings. The van der Waals surface area contributed by atoms with Gasteiger partial charge in [-0.3, -0.25) is 10.1 Å². The monoisotopic (exact) mass is 276 g/mol. The van der Waals surface area contributed by atoms with Crippen LogP contribution in [0.4, 0.5) is 11.4 Å². The second kappa shape index (κ2) is 5.05. The molecule has 0 aromatic heterocycles. The molecule has 1 aliphatic heterocycles. The van der Waals surface area contributed by atoms with Gasteiger partial charge in [0.05, 0.1) is 10.5 Å². The van der Waals surface area contributed by atoms with E-state index in [0.717, 1.165) is 32.3 Å². The van der Waals surface area contributed by atoms with E-state index in [9.17, 15) is 10.1 Å². The Bertz CT molecular complexity index is 514. The van der Waals surface area contributed by atoms with Crippen LogP contribution in [-0.4, -0.2) is 30.2 Å². The zero-order valence-electron chi connectivity index (χ0n) is 11.7. The number of nitrogens with zero attached hydrogens (tertiary/aromatic N) is 2. The summed E-state index contributed by atoms with van der Waals surface area (Å²) >= 11 is 0. The number of para-hydroxylation sites is 2. The van der Waals surface area contributed by atoms with Crippen LogP contribution in [0.15, 0.2) is 24.3 Å². The first-order chi connectivity index (χ1) is 9.61. The Hall–Kier alpha value is -1.62. The molecule has 0 amide bonds. The number of nitro groups is 1. The number of ether oxygens (including phenoxy) is 1.